The summed E-state index contributed by atoms with van der Waals surface area (Å²) in [6.07, 6.45) is 0.293. The Morgan fingerprint density at radius 1 is 1.08 bits per heavy atom. The van der Waals surface area contributed by atoms with Gasteiger partial charge < -0.3 is 14.5 Å². The number of nitrogens with zero attached hydrogens (tertiary/aromatic N) is 3. The highest BCUT2D eigenvalue weighted by Gasteiger charge is 2.60. The molecule has 4 heterocycles. The fourth-order valence-electron chi connectivity index (χ4n) is 8.81. The molecule has 7 rings (SSSR count). The van der Waals surface area contributed by atoms with E-state index in [1.165, 1.54) is 19.1 Å². The Hall–Kier alpha value is -3.36. The number of nitrogens with one attached hydrogen (secondary N) is 1. The summed E-state index contributed by atoms with van der Waals surface area (Å²) < 4.78 is 93.7. The number of carbonyl (C=O) groups is 2. The molecule has 288 valence electrons. The lowest BCUT2D eigenvalue weighted by atomic mass is 9.70. The molecular formula is C38H45ClF4N4O5S. The molecule has 5 atom stereocenters. The molecule has 4 aliphatic heterocycles. The van der Waals surface area contributed by atoms with E-state index in [4.69, 9.17) is 16.3 Å². The summed E-state index contributed by atoms with van der Waals surface area (Å²) in [5.41, 5.74) is 0.289. The zero-order valence-electron chi connectivity index (χ0n) is 30.0. The number of allylic oxidation sites excluding steroid dienone is 1. The van der Waals surface area contributed by atoms with Gasteiger partial charge in [-0.3, -0.25) is 14.5 Å². The molecule has 0 aromatic heterocycles. The van der Waals surface area contributed by atoms with Crippen LogP contribution in [0.4, 0.5) is 23.2 Å². The van der Waals surface area contributed by atoms with Crippen molar-refractivity contribution < 1.29 is 40.3 Å². The van der Waals surface area contributed by atoms with Crippen molar-refractivity contribution in [1.82, 2.24) is 14.5 Å². The number of hydrogen-bond acceptors (Lipinski definition) is 7. The number of rotatable bonds is 1. The fraction of sp³-hybridized carbons (Fsp3) is 0.579. The summed E-state index contributed by atoms with van der Waals surface area (Å²) in [7, 11) is -4.23. The van der Waals surface area contributed by atoms with Crippen molar-refractivity contribution in [2.75, 3.05) is 44.2 Å². The molecule has 15 heteroatoms. The molecule has 9 nitrogen and oxygen atoms in total. The minimum Gasteiger partial charge on any atom is -0.490 e. The summed E-state index contributed by atoms with van der Waals surface area (Å²) >= 11 is 6.41. The van der Waals surface area contributed by atoms with Crippen molar-refractivity contribution in [2.24, 2.45) is 11.3 Å². The van der Waals surface area contributed by atoms with E-state index < -0.39 is 81.0 Å². The minimum absolute atomic E-state index is 0.0844. The molecule has 1 aliphatic carbocycles. The van der Waals surface area contributed by atoms with Gasteiger partial charge in [0.1, 0.15) is 17.6 Å². The van der Waals surface area contributed by atoms with Gasteiger partial charge in [0.15, 0.2) is 0 Å². The monoisotopic (exact) mass is 780 g/mol. The number of likely N-dealkylation sites (tertiary alicyclic amines) is 1. The Kier molecular flexibility index (Phi) is 9.83. The van der Waals surface area contributed by atoms with E-state index in [-0.39, 0.29) is 18.5 Å². The largest absolute Gasteiger partial charge is 0.490 e. The van der Waals surface area contributed by atoms with Gasteiger partial charge in [-0.2, -0.15) is 13.2 Å². The molecule has 2 aromatic carbocycles. The van der Waals surface area contributed by atoms with Gasteiger partial charge in [0.2, 0.25) is 15.9 Å². The molecule has 5 aliphatic rings. The van der Waals surface area contributed by atoms with E-state index in [2.05, 4.69) is 9.62 Å². The van der Waals surface area contributed by atoms with Crippen LogP contribution in [0, 0.1) is 11.3 Å². The first-order chi connectivity index (χ1) is 24.9. The number of fused-ring (bicyclic) bond motifs is 4. The van der Waals surface area contributed by atoms with Gasteiger partial charge >= 0.3 is 6.18 Å². The van der Waals surface area contributed by atoms with E-state index >= 15 is 4.39 Å². The maximum atomic E-state index is 16.6. The van der Waals surface area contributed by atoms with Crippen LogP contribution in [0.25, 0.3) is 0 Å². The summed E-state index contributed by atoms with van der Waals surface area (Å²) in [5.74, 6) is -2.56. The van der Waals surface area contributed by atoms with Crippen LogP contribution in [0.5, 0.6) is 5.75 Å². The van der Waals surface area contributed by atoms with Gasteiger partial charge in [0.05, 0.1) is 23.0 Å². The van der Waals surface area contributed by atoms with Crippen molar-refractivity contribution in [3.05, 3.63) is 70.0 Å². The van der Waals surface area contributed by atoms with E-state index in [1.54, 1.807) is 24.0 Å². The second kappa shape index (κ2) is 13.7. The third-order valence-electron chi connectivity index (χ3n) is 12.3. The van der Waals surface area contributed by atoms with Crippen molar-refractivity contribution in [3.8, 4) is 5.75 Å². The zero-order chi connectivity index (χ0) is 38.1. The SMILES string of the molecule is C[C@@H]1[C@@H](C)C/C=C(\F)[C@H](C(=O)N2CC(C)(C(F)(F)F)C2)N2CCC[C@H]2CN2C[C@@]3(CCCc4cc(Cl)ccc43)COc3ccc(cc32)C(=O)NS1(=O)=O. The first-order valence-corrected chi connectivity index (χ1v) is 20.2. The smallest absolute Gasteiger partial charge is 0.397 e. The van der Waals surface area contributed by atoms with Crippen molar-refractivity contribution in [2.45, 2.75) is 88.2 Å². The molecule has 2 amide bonds. The zero-order valence-corrected chi connectivity index (χ0v) is 31.6. The topological polar surface area (TPSA) is 99.3 Å². The maximum Gasteiger partial charge on any atom is 0.397 e. The second-order valence-electron chi connectivity index (χ2n) is 16.0. The lowest BCUT2D eigenvalue weighted by Crippen LogP contribution is -2.66. The number of carbonyl (C=O) groups excluding carboxylic acids is 2. The van der Waals surface area contributed by atoms with Gasteiger partial charge in [0, 0.05) is 48.2 Å². The lowest BCUT2D eigenvalue weighted by Gasteiger charge is -2.50. The number of alkyl halides is 3. The molecule has 0 unspecified atom stereocenters. The molecule has 0 saturated carbocycles. The average molecular weight is 781 g/mol. The summed E-state index contributed by atoms with van der Waals surface area (Å²) in [4.78, 5) is 32.6. The van der Waals surface area contributed by atoms with Gasteiger partial charge in [-0.05, 0) is 106 Å². The maximum absolute atomic E-state index is 16.6. The summed E-state index contributed by atoms with van der Waals surface area (Å²) in [6.45, 7) is 4.31. The molecule has 53 heavy (non-hydrogen) atoms. The van der Waals surface area contributed by atoms with E-state index in [0.29, 0.717) is 49.0 Å². The van der Waals surface area contributed by atoms with Crippen LogP contribution in [0.15, 0.2) is 48.3 Å². The second-order valence-corrected chi connectivity index (χ2v) is 18.4. The highest BCUT2D eigenvalue weighted by Crippen LogP contribution is 2.47. The highest BCUT2D eigenvalue weighted by molar-refractivity contribution is 7.90. The number of sulfonamides is 1. The molecule has 2 bridgehead atoms. The van der Waals surface area contributed by atoms with Crippen LogP contribution < -0.4 is 14.4 Å². The Bertz CT molecular complexity index is 1940. The van der Waals surface area contributed by atoms with Gasteiger partial charge in [-0.15, -0.1) is 0 Å². The Balaban J connectivity index is 1.32. The molecule has 2 saturated heterocycles. The van der Waals surface area contributed by atoms with E-state index in [0.717, 1.165) is 42.2 Å². The van der Waals surface area contributed by atoms with E-state index in [9.17, 15) is 31.2 Å². The van der Waals surface area contributed by atoms with E-state index in [1.807, 2.05) is 18.2 Å². The normalized spacial score (nSPS) is 31.2. The molecule has 2 aromatic rings. The number of amides is 2. The number of hydrogen-bond donors (Lipinski definition) is 1. The Morgan fingerprint density at radius 3 is 2.57 bits per heavy atom. The minimum atomic E-state index is -4.53. The predicted octanol–water partition coefficient (Wildman–Crippen LogP) is 6.40. The number of benzene rings is 2. The van der Waals surface area contributed by atoms with Gasteiger partial charge in [-0.1, -0.05) is 30.7 Å². The van der Waals surface area contributed by atoms with Crippen LogP contribution in [-0.4, -0.2) is 92.9 Å². The lowest BCUT2D eigenvalue weighted by molar-refractivity contribution is -0.257. The molecule has 1 N–H and O–H groups in total. The third-order valence-corrected chi connectivity index (χ3v) is 14.4. The third kappa shape index (κ3) is 6.92. The first-order valence-electron chi connectivity index (χ1n) is 18.2. The van der Waals surface area contributed by atoms with Crippen LogP contribution in [0.1, 0.15) is 74.4 Å². The summed E-state index contributed by atoms with van der Waals surface area (Å²) in [6, 6.07) is 8.79. The summed E-state index contributed by atoms with van der Waals surface area (Å²) in [5, 5.41) is -0.497. The Labute approximate surface area is 312 Å². The average Bonchev–Trinajstić information content (AvgIpc) is 3.47. The fourth-order valence-corrected chi connectivity index (χ4v) is 10.3. The van der Waals surface area contributed by atoms with Crippen LogP contribution in [0.3, 0.4) is 0 Å². The van der Waals surface area contributed by atoms with Crippen molar-refractivity contribution >= 4 is 39.1 Å². The van der Waals surface area contributed by atoms with Crippen molar-refractivity contribution in [3.63, 3.8) is 0 Å². The number of halogens is 5. The molecule has 2 fully saturated rings. The number of aryl methyl sites for hydroxylation is 1. The number of anilines is 1. The van der Waals surface area contributed by atoms with Crippen LogP contribution >= 0.6 is 11.6 Å². The van der Waals surface area contributed by atoms with Gasteiger partial charge in [0.25, 0.3) is 5.91 Å². The Morgan fingerprint density at radius 2 is 1.83 bits per heavy atom. The highest BCUT2D eigenvalue weighted by atomic mass is 35.5. The van der Waals surface area contributed by atoms with Crippen LogP contribution in [-0.2, 0) is 26.7 Å². The predicted molar refractivity (Wildman–Crippen MR) is 193 cm³/mol. The van der Waals surface area contributed by atoms with Crippen molar-refractivity contribution in [1.29, 1.82) is 0 Å². The quantitative estimate of drug-likeness (QED) is 0.335. The standard InChI is InChI=1S/C38H45ClF4N4O5S/c1-23-8-12-30(40)33(35(49)46-19-36(3,20-46)38(41,42)43)47-15-5-7-28(47)18-45-21-37(14-4-6-25-16-27(39)10-11-29(25)37)22-52-32-13-9-26(17-31(32)45)34(48)44-53(50,51)24(23)2/h9-13,16-17,23-24,28,33H,4-8,14-15,18-22H2,1-3H3,(H,44,48)/b30-12-/t23-,24+,28-,33+,37-/m0/s1. The number of ether oxygens (including phenoxy) is 1. The molecule has 1 spiro atoms. The first kappa shape index (κ1) is 37.9. The molecule has 0 radical (unpaired) electrons. The van der Waals surface area contributed by atoms with Crippen LogP contribution in [0.2, 0.25) is 5.02 Å². The van der Waals surface area contributed by atoms with Gasteiger partial charge in [-0.25, -0.2) is 17.5 Å². The molecular weight excluding hydrogens is 736 g/mol.